The van der Waals surface area contributed by atoms with Crippen LogP contribution < -0.4 is 36.9 Å². The number of ketones is 1. The minimum Gasteiger partial charge on any atom is -0.504 e. The first-order valence-corrected chi connectivity index (χ1v) is 24.7. The van der Waals surface area contributed by atoms with Crippen LogP contribution in [0.1, 0.15) is 12.5 Å². The van der Waals surface area contributed by atoms with E-state index in [1.54, 1.807) is 31.2 Å². The van der Waals surface area contributed by atoms with Gasteiger partial charge in [0.2, 0.25) is 0 Å². The van der Waals surface area contributed by atoms with Crippen LogP contribution in [-0.2, 0) is 35.0 Å². The maximum atomic E-state index is 14.6. The molecule has 0 saturated carbocycles. The average Bonchev–Trinajstić information content (AvgIpc) is 3.92. The second-order valence-electron chi connectivity index (χ2n) is 16.8. The second kappa shape index (κ2) is 24.8. The number of amides is 2. The molecule has 4 aromatic carbocycles. The van der Waals surface area contributed by atoms with Crippen molar-refractivity contribution in [2.24, 2.45) is 0 Å². The Morgan fingerprint density at radius 1 is 0.847 bits per heavy atom. The molecule has 19 nitrogen and oxygen atoms in total. The zero-order valence-electron chi connectivity index (χ0n) is 39.8. The zero-order chi connectivity index (χ0) is 50.4. The number of benzene rings is 4. The number of ether oxygens (including phenoxy) is 5. The van der Waals surface area contributed by atoms with Gasteiger partial charge in [-0.05, 0) is 73.5 Å². The van der Waals surface area contributed by atoms with E-state index in [1.165, 1.54) is 23.9 Å². The van der Waals surface area contributed by atoms with Crippen molar-refractivity contribution in [1.82, 2.24) is 30.5 Å². The van der Waals surface area contributed by atoms with Gasteiger partial charge in [-0.25, -0.2) is 19.0 Å². The lowest BCUT2D eigenvalue weighted by Crippen LogP contribution is -2.49. The van der Waals surface area contributed by atoms with E-state index in [1.807, 2.05) is 48.5 Å². The Morgan fingerprint density at radius 3 is 2.33 bits per heavy atom. The number of piperazine rings is 1. The van der Waals surface area contributed by atoms with Crippen LogP contribution in [0.2, 0.25) is 0 Å². The highest BCUT2D eigenvalue weighted by molar-refractivity contribution is 8.05. The number of nitrogens with two attached hydrogens (primary N) is 1. The number of hydrogen-bond acceptors (Lipinski definition) is 16. The van der Waals surface area contributed by atoms with Crippen molar-refractivity contribution in [3.8, 4) is 22.9 Å². The molecule has 0 radical (unpaired) electrons. The molecule has 21 heteroatoms. The Hall–Kier alpha value is -7.17. The third-order valence-electron chi connectivity index (χ3n) is 11.9. The number of H-pyrrole nitrogens is 2. The van der Waals surface area contributed by atoms with E-state index in [9.17, 15) is 28.7 Å². The fraction of sp³-hybridized carbons (Fsp3) is 0.353. The molecule has 2 aliphatic heterocycles. The number of phenols is 1. The summed E-state index contributed by atoms with van der Waals surface area (Å²) in [6, 6.07) is 24.3. The summed E-state index contributed by atoms with van der Waals surface area (Å²) in [6.07, 6.45) is 0.286. The minimum atomic E-state index is -0.666. The smallest absolute Gasteiger partial charge is 0.344 e. The fourth-order valence-corrected chi connectivity index (χ4v) is 9.58. The molecular formula is C51H58FN9O10S. The number of nitrogen functional groups attached to an aromatic ring is 1. The molecular weight excluding hydrogens is 950 g/mol. The van der Waals surface area contributed by atoms with E-state index < -0.39 is 22.6 Å². The average molecular weight is 1010 g/mol. The number of Topliss-reactive ketones (excluding diaryl/α,β-unsaturated/α-hetero) is 1. The molecule has 0 aliphatic carbocycles. The van der Waals surface area contributed by atoms with E-state index in [0.29, 0.717) is 74.3 Å². The molecule has 0 bridgehead atoms. The van der Waals surface area contributed by atoms with Gasteiger partial charge >= 0.3 is 12.0 Å². The number of aromatic amines is 2. The largest absolute Gasteiger partial charge is 0.504 e. The van der Waals surface area contributed by atoms with Crippen molar-refractivity contribution in [3.63, 3.8) is 0 Å². The molecule has 1 unspecified atom stereocenters. The number of fused-ring (bicyclic) bond motifs is 2. The van der Waals surface area contributed by atoms with Crippen LogP contribution >= 0.6 is 11.8 Å². The Balaban J connectivity index is 0.633. The first-order valence-electron chi connectivity index (χ1n) is 23.8. The predicted octanol–water partition coefficient (Wildman–Crippen LogP) is 5.16. The third-order valence-corrected chi connectivity index (χ3v) is 13.1. The van der Waals surface area contributed by atoms with Crippen molar-refractivity contribution >= 4 is 68.5 Å². The minimum absolute atomic E-state index is 0.00298. The van der Waals surface area contributed by atoms with Gasteiger partial charge in [0.15, 0.2) is 17.3 Å². The molecule has 380 valence electrons. The van der Waals surface area contributed by atoms with E-state index >= 15 is 0 Å². The van der Waals surface area contributed by atoms with Crippen molar-refractivity contribution in [2.45, 2.75) is 18.6 Å². The Bertz CT molecular complexity index is 2950. The molecule has 1 saturated heterocycles. The zero-order valence-corrected chi connectivity index (χ0v) is 40.6. The molecule has 6 aromatic rings. The molecule has 72 heavy (non-hydrogen) atoms. The molecule has 8 N–H and O–H groups in total. The predicted molar refractivity (Wildman–Crippen MR) is 274 cm³/mol. The molecule has 1 atom stereocenters. The lowest BCUT2D eigenvalue weighted by Gasteiger charge is -2.36. The number of imidazole rings is 1. The number of hydrogen-bond donors (Lipinski definition) is 7. The lowest BCUT2D eigenvalue weighted by molar-refractivity contribution is -0.139. The van der Waals surface area contributed by atoms with Gasteiger partial charge in [0.05, 0.1) is 84.2 Å². The van der Waals surface area contributed by atoms with Crippen molar-refractivity contribution in [2.75, 3.05) is 115 Å². The number of urea groups is 1. The highest BCUT2D eigenvalue weighted by Crippen LogP contribution is 2.39. The lowest BCUT2D eigenvalue weighted by atomic mass is 10.0. The molecule has 4 heterocycles. The van der Waals surface area contributed by atoms with Crippen molar-refractivity contribution in [3.05, 3.63) is 117 Å². The second-order valence-corrected chi connectivity index (χ2v) is 18.0. The number of rotatable bonds is 24. The summed E-state index contributed by atoms with van der Waals surface area (Å²) in [6.45, 7) is 8.78. The number of nitrogens with zero attached hydrogens (tertiary/aromatic N) is 3. The number of halogens is 1. The quantitative estimate of drug-likeness (QED) is 0.0235. The van der Waals surface area contributed by atoms with Gasteiger partial charge in [-0.2, -0.15) is 0 Å². The van der Waals surface area contributed by atoms with Gasteiger partial charge < -0.3 is 65.3 Å². The standard InChI is InChI=1S/C51H58FN9O10S/c1-2-70-50(65)44-46(63)41(72-49(44)56-33-7-4-3-5-8-33)30-32-11-14-40(39(62)29-32)71-28-27-69-26-25-68-24-23-67-22-16-55-51(66)54-15-17-60-18-20-61(21-19-60)34-12-13-36-38(31-34)58-47(57-36)43-45(53)42-35(52)9-6-10-37(42)59-48(43)64/h3-14,29,31,41,56,62H,2,15-28,30H2,1H3,(H,57,58)(H3,53,59,64)(H2,54,55,66). The third kappa shape index (κ3) is 13.0. The summed E-state index contributed by atoms with van der Waals surface area (Å²) in [5.74, 6) is -1.04. The fourth-order valence-electron chi connectivity index (χ4n) is 8.32. The van der Waals surface area contributed by atoms with E-state index in [2.05, 4.69) is 40.7 Å². The Labute approximate surface area is 418 Å². The molecule has 1 fully saturated rings. The highest BCUT2D eigenvalue weighted by Gasteiger charge is 2.39. The number of aromatic nitrogens is 3. The van der Waals surface area contributed by atoms with Crippen LogP contribution in [0.25, 0.3) is 33.3 Å². The molecule has 0 spiro atoms. The SMILES string of the molecule is CCOC(=O)C1=C(Nc2ccccc2)SC(Cc2ccc(OCCOCCOCCOCCNC(=O)NCCN3CCN(c4ccc5[nH]c(-c6c(N)c7c(F)cccc7[nH]c6=O)nc5c4)CC3)c(O)c2)C1=O. The Kier molecular flexibility index (Phi) is 17.6. The van der Waals surface area contributed by atoms with Crippen molar-refractivity contribution in [1.29, 1.82) is 0 Å². The summed E-state index contributed by atoms with van der Waals surface area (Å²) >= 11 is 1.26. The van der Waals surface area contributed by atoms with Gasteiger partial charge in [-0.15, -0.1) is 0 Å². The van der Waals surface area contributed by atoms with Gasteiger partial charge in [-0.3, -0.25) is 14.5 Å². The monoisotopic (exact) mass is 1010 g/mol. The van der Waals surface area contributed by atoms with Crippen LogP contribution in [0.5, 0.6) is 11.5 Å². The van der Waals surface area contributed by atoms with Gasteiger partial charge in [0.1, 0.15) is 29.4 Å². The van der Waals surface area contributed by atoms with Crippen molar-refractivity contribution < 1.29 is 47.6 Å². The number of thioether (sulfide) groups is 1. The highest BCUT2D eigenvalue weighted by atomic mass is 32.2. The maximum Gasteiger partial charge on any atom is 0.344 e. The summed E-state index contributed by atoms with van der Waals surface area (Å²) < 4.78 is 42.2. The number of carbonyl (C=O) groups excluding carboxylic acids is 3. The van der Waals surface area contributed by atoms with Crippen LogP contribution in [0, 0.1) is 5.82 Å². The van der Waals surface area contributed by atoms with Crippen LogP contribution in [0.15, 0.2) is 100 Å². The molecule has 2 aliphatic rings. The number of pyridine rings is 1. The number of para-hydroxylation sites is 1. The van der Waals surface area contributed by atoms with Crippen LogP contribution in [-0.4, -0.2) is 147 Å². The normalized spacial score (nSPS) is 15.1. The summed E-state index contributed by atoms with van der Waals surface area (Å²) in [5, 5.41) is 19.5. The van der Waals surface area contributed by atoms with Gasteiger partial charge in [0.25, 0.3) is 5.56 Å². The van der Waals surface area contributed by atoms with E-state index in [-0.39, 0.29) is 77.6 Å². The number of nitrogens with one attached hydrogen (secondary N) is 5. The topological polar surface area (TPSA) is 248 Å². The van der Waals surface area contributed by atoms with Crippen LogP contribution in [0.4, 0.5) is 26.2 Å². The molecule has 8 rings (SSSR count). The number of aromatic hydroxyl groups is 1. The maximum absolute atomic E-state index is 14.6. The summed E-state index contributed by atoms with van der Waals surface area (Å²) in [4.78, 5) is 66.4. The first kappa shape index (κ1) is 51.2. The number of carbonyl (C=O) groups is 3. The summed E-state index contributed by atoms with van der Waals surface area (Å²) in [7, 11) is 0. The van der Waals surface area contributed by atoms with Gasteiger partial charge in [-0.1, -0.05) is 42.1 Å². The Morgan fingerprint density at radius 2 is 1.58 bits per heavy atom. The van der Waals surface area contributed by atoms with Gasteiger partial charge in [0, 0.05) is 57.2 Å². The summed E-state index contributed by atoms with van der Waals surface area (Å²) in [5.41, 5.74) is 10.1. The van der Waals surface area contributed by atoms with E-state index in [0.717, 1.165) is 43.1 Å². The molecule has 2 aromatic heterocycles. The number of anilines is 3. The molecule has 2 amide bonds. The van der Waals surface area contributed by atoms with Crippen LogP contribution in [0.3, 0.4) is 0 Å². The number of esters is 1. The number of phenolic OH excluding ortho intramolecular Hbond substituents is 1. The first-order chi connectivity index (χ1) is 35.1. The van der Waals surface area contributed by atoms with E-state index in [4.69, 9.17) is 29.4 Å².